The molecule has 1 aromatic heterocycles. The summed E-state index contributed by atoms with van der Waals surface area (Å²) >= 11 is 0. The van der Waals surface area contributed by atoms with E-state index < -0.39 is 17.9 Å². The van der Waals surface area contributed by atoms with E-state index in [-0.39, 0.29) is 19.2 Å². The lowest BCUT2D eigenvalue weighted by molar-refractivity contribution is -0.143. The Balaban J connectivity index is 2.01. The summed E-state index contributed by atoms with van der Waals surface area (Å²) in [6.07, 6.45) is 2.85. The van der Waals surface area contributed by atoms with Crippen LogP contribution in [0.4, 0.5) is 10.5 Å². The number of amides is 2. The number of rotatable bonds is 4. The molecule has 0 aliphatic carbocycles. The molecule has 0 radical (unpaired) electrons. The Morgan fingerprint density at radius 2 is 2.17 bits per heavy atom. The largest absolute Gasteiger partial charge is 0.481 e. The van der Waals surface area contributed by atoms with E-state index in [4.69, 9.17) is 9.84 Å². The highest BCUT2D eigenvalue weighted by Crippen LogP contribution is 2.19. The monoisotopic (exact) mass is 323 g/mol. The number of aromatic nitrogens is 1. The summed E-state index contributed by atoms with van der Waals surface area (Å²) in [6, 6.07) is 1.17. The minimum Gasteiger partial charge on any atom is -0.481 e. The van der Waals surface area contributed by atoms with Gasteiger partial charge >= 0.3 is 18.0 Å². The first kappa shape index (κ1) is 16.9. The molecule has 23 heavy (non-hydrogen) atoms. The highest BCUT2D eigenvalue weighted by atomic mass is 16.5. The predicted octanol–water partition coefficient (Wildman–Crippen LogP) is 1.53. The number of anilines is 1. The minimum absolute atomic E-state index is 0.193. The molecule has 8 nitrogen and oxygen atoms in total. The average Bonchev–Trinajstić information content (AvgIpc) is 2.88. The van der Waals surface area contributed by atoms with Gasteiger partial charge in [0.25, 0.3) is 0 Å². The summed E-state index contributed by atoms with van der Waals surface area (Å²) < 4.78 is 6.51. The number of aryl methyl sites for hydroxylation is 1. The number of hydrogen-bond acceptors (Lipinski definition) is 4. The van der Waals surface area contributed by atoms with E-state index in [2.05, 4.69) is 5.32 Å². The topological polar surface area (TPSA) is 101 Å². The zero-order valence-corrected chi connectivity index (χ0v) is 13.2. The number of nitrogens with one attached hydrogen (secondary N) is 1. The van der Waals surface area contributed by atoms with Crippen LogP contribution in [0.1, 0.15) is 30.3 Å². The second-order valence-electron chi connectivity index (χ2n) is 5.50. The van der Waals surface area contributed by atoms with E-state index in [1.54, 1.807) is 24.7 Å². The summed E-state index contributed by atoms with van der Waals surface area (Å²) in [5.41, 5.74) is 0.808. The van der Waals surface area contributed by atoms with Gasteiger partial charge in [0.2, 0.25) is 0 Å². The lowest BCUT2D eigenvalue weighted by Gasteiger charge is -2.30. The van der Waals surface area contributed by atoms with Crippen LogP contribution in [0.25, 0.3) is 0 Å². The third kappa shape index (κ3) is 4.02. The zero-order chi connectivity index (χ0) is 17.0. The Bertz CT molecular complexity index is 610. The standard InChI is InChI=1S/C15H21N3O5/c1-3-23-14(21)12-7-11(9-17(12)2)16-15(22)18-6-4-5-10(8-18)13(19)20/h7,9-10H,3-6,8H2,1-2H3,(H,16,22)(H,19,20). The minimum atomic E-state index is -0.883. The number of esters is 1. The lowest BCUT2D eigenvalue weighted by atomic mass is 9.99. The molecule has 2 rings (SSSR count). The van der Waals surface area contributed by atoms with Gasteiger partial charge in [0.05, 0.1) is 18.2 Å². The van der Waals surface area contributed by atoms with Crippen LogP contribution < -0.4 is 5.32 Å². The van der Waals surface area contributed by atoms with Crippen molar-refractivity contribution in [3.8, 4) is 0 Å². The molecule has 1 atom stereocenters. The molecular weight excluding hydrogens is 302 g/mol. The number of aliphatic carboxylic acids is 1. The molecule has 0 saturated carbocycles. The fourth-order valence-electron chi connectivity index (χ4n) is 2.61. The van der Waals surface area contributed by atoms with Crippen molar-refractivity contribution in [3.05, 3.63) is 18.0 Å². The van der Waals surface area contributed by atoms with Gasteiger partial charge in [-0.15, -0.1) is 0 Å². The molecule has 0 bridgehead atoms. The van der Waals surface area contributed by atoms with Crippen LogP contribution in [-0.4, -0.2) is 52.2 Å². The van der Waals surface area contributed by atoms with Gasteiger partial charge in [-0.25, -0.2) is 9.59 Å². The van der Waals surface area contributed by atoms with E-state index >= 15 is 0 Å². The Labute approximate surface area is 134 Å². The number of piperidine rings is 1. The third-order valence-electron chi connectivity index (χ3n) is 3.80. The summed E-state index contributed by atoms with van der Waals surface area (Å²) in [7, 11) is 1.68. The number of hydrogen-bond donors (Lipinski definition) is 2. The van der Waals surface area contributed by atoms with Crippen molar-refractivity contribution in [2.24, 2.45) is 13.0 Å². The van der Waals surface area contributed by atoms with Gasteiger partial charge < -0.3 is 24.6 Å². The van der Waals surface area contributed by atoms with Crippen molar-refractivity contribution in [1.82, 2.24) is 9.47 Å². The highest BCUT2D eigenvalue weighted by Gasteiger charge is 2.28. The first-order valence-corrected chi connectivity index (χ1v) is 7.54. The molecule has 0 spiro atoms. The van der Waals surface area contributed by atoms with Crippen LogP contribution in [-0.2, 0) is 16.6 Å². The van der Waals surface area contributed by atoms with Crippen LogP contribution in [0.15, 0.2) is 12.3 Å². The van der Waals surface area contributed by atoms with Crippen molar-refractivity contribution in [2.45, 2.75) is 19.8 Å². The molecule has 0 aromatic carbocycles. The number of nitrogens with zero attached hydrogens (tertiary/aromatic N) is 2. The number of ether oxygens (including phenoxy) is 1. The maximum atomic E-state index is 12.2. The van der Waals surface area contributed by atoms with Gasteiger partial charge in [-0.1, -0.05) is 0 Å². The number of carboxylic acid groups (broad SMARTS) is 1. The maximum absolute atomic E-state index is 12.2. The number of carbonyl (C=O) groups is 3. The highest BCUT2D eigenvalue weighted by molar-refractivity contribution is 5.93. The molecule has 1 aromatic rings. The molecule has 126 valence electrons. The van der Waals surface area contributed by atoms with Crippen LogP contribution >= 0.6 is 0 Å². The molecule has 1 unspecified atom stereocenters. The van der Waals surface area contributed by atoms with E-state index in [1.165, 1.54) is 11.0 Å². The van der Waals surface area contributed by atoms with Crippen molar-refractivity contribution < 1.29 is 24.2 Å². The van der Waals surface area contributed by atoms with E-state index in [0.29, 0.717) is 30.8 Å². The molecule has 2 N–H and O–H groups in total. The molecule has 1 aliphatic heterocycles. The molecule has 1 fully saturated rings. The van der Waals surface area contributed by atoms with Crippen molar-refractivity contribution in [2.75, 3.05) is 25.0 Å². The number of urea groups is 1. The Morgan fingerprint density at radius 1 is 1.43 bits per heavy atom. The van der Waals surface area contributed by atoms with Gasteiger partial charge in [0.1, 0.15) is 5.69 Å². The average molecular weight is 323 g/mol. The van der Waals surface area contributed by atoms with Gasteiger partial charge in [-0.05, 0) is 25.8 Å². The molecule has 2 amide bonds. The summed E-state index contributed by atoms with van der Waals surface area (Å²) in [5.74, 6) is -1.87. The second kappa shape index (κ2) is 7.17. The Morgan fingerprint density at radius 3 is 2.83 bits per heavy atom. The number of carbonyl (C=O) groups excluding carboxylic acids is 2. The molecule has 8 heteroatoms. The van der Waals surface area contributed by atoms with E-state index in [9.17, 15) is 14.4 Å². The summed E-state index contributed by atoms with van der Waals surface area (Å²) in [4.78, 5) is 36.5. The van der Waals surface area contributed by atoms with Gasteiger partial charge in [-0.3, -0.25) is 4.79 Å². The van der Waals surface area contributed by atoms with Crippen LogP contribution in [0, 0.1) is 5.92 Å². The third-order valence-corrected chi connectivity index (χ3v) is 3.80. The SMILES string of the molecule is CCOC(=O)c1cc(NC(=O)N2CCCC(C(=O)O)C2)cn1C. The molecule has 1 aliphatic rings. The predicted molar refractivity (Wildman–Crippen MR) is 82.3 cm³/mol. The fraction of sp³-hybridized carbons (Fsp3) is 0.533. The Kier molecular flexibility index (Phi) is 5.25. The molecule has 2 heterocycles. The quantitative estimate of drug-likeness (QED) is 0.818. The van der Waals surface area contributed by atoms with Gasteiger partial charge in [0, 0.05) is 26.3 Å². The normalized spacial score (nSPS) is 17.7. The van der Waals surface area contributed by atoms with Crippen LogP contribution in [0.3, 0.4) is 0 Å². The number of carboxylic acids is 1. The van der Waals surface area contributed by atoms with Crippen LogP contribution in [0.5, 0.6) is 0 Å². The Hall–Kier alpha value is -2.51. The zero-order valence-electron chi connectivity index (χ0n) is 13.2. The van der Waals surface area contributed by atoms with Crippen molar-refractivity contribution in [1.29, 1.82) is 0 Å². The van der Waals surface area contributed by atoms with Gasteiger partial charge in [0.15, 0.2) is 0 Å². The van der Waals surface area contributed by atoms with E-state index in [0.717, 1.165) is 0 Å². The first-order valence-electron chi connectivity index (χ1n) is 7.54. The second-order valence-corrected chi connectivity index (χ2v) is 5.50. The summed E-state index contributed by atoms with van der Waals surface area (Å²) in [6.45, 7) is 2.71. The van der Waals surface area contributed by atoms with Crippen molar-refractivity contribution >= 4 is 23.7 Å². The van der Waals surface area contributed by atoms with Gasteiger partial charge in [-0.2, -0.15) is 0 Å². The smallest absolute Gasteiger partial charge is 0.355 e. The molecule has 1 saturated heterocycles. The van der Waals surface area contributed by atoms with Crippen molar-refractivity contribution in [3.63, 3.8) is 0 Å². The van der Waals surface area contributed by atoms with E-state index in [1.807, 2.05) is 0 Å². The lowest BCUT2D eigenvalue weighted by Crippen LogP contribution is -2.44. The van der Waals surface area contributed by atoms with Crippen LogP contribution in [0.2, 0.25) is 0 Å². The molecular formula is C15H21N3O5. The number of likely N-dealkylation sites (tertiary alicyclic amines) is 1. The first-order chi connectivity index (χ1) is 10.9. The summed E-state index contributed by atoms with van der Waals surface area (Å²) in [5, 5.41) is 11.8. The fourth-order valence-corrected chi connectivity index (χ4v) is 2.61. The maximum Gasteiger partial charge on any atom is 0.355 e.